The van der Waals surface area contributed by atoms with E-state index in [2.05, 4.69) is 4.98 Å². The van der Waals surface area contributed by atoms with Crippen LogP contribution in [0.15, 0.2) is 18.3 Å². The Bertz CT molecular complexity index is 281. The Labute approximate surface area is 64.2 Å². The van der Waals surface area contributed by atoms with Gasteiger partial charge in [-0.25, -0.2) is 4.98 Å². The van der Waals surface area contributed by atoms with Gasteiger partial charge in [-0.15, -0.1) is 0 Å². The zero-order valence-electron chi connectivity index (χ0n) is 6.05. The molecule has 0 radical (unpaired) electrons. The summed E-state index contributed by atoms with van der Waals surface area (Å²) in [5.74, 6) is -0.424. The predicted molar refractivity (Wildman–Crippen MR) is 39.3 cm³/mol. The van der Waals surface area contributed by atoms with Gasteiger partial charge in [-0.2, -0.15) is 4.39 Å². The van der Waals surface area contributed by atoms with Crippen LogP contribution in [-0.4, -0.2) is 4.98 Å². The molecule has 1 aliphatic rings. The molecule has 0 amide bonds. The van der Waals surface area contributed by atoms with Crippen molar-refractivity contribution < 1.29 is 4.39 Å². The molecule has 0 bridgehead atoms. The van der Waals surface area contributed by atoms with Crippen LogP contribution >= 0.6 is 0 Å². The zero-order valence-corrected chi connectivity index (χ0v) is 6.05. The van der Waals surface area contributed by atoms with E-state index in [0.717, 1.165) is 12.8 Å². The van der Waals surface area contributed by atoms with E-state index in [4.69, 9.17) is 5.73 Å². The Morgan fingerprint density at radius 3 is 2.82 bits per heavy atom. The number of nitrogens with two attached hydrogens (primary N) is 1. The third kappa shape index (κ3) is 1.01. The second kappa shape index (κ2) is 2.01. The maximum atomic E-state index is 12.9. The van der Waals surface area contributed by atoms with Crippen LogP contribution in [-0.2, 0) is 5.54 Å². The first-order valence-electron chi connectivity index (χ1n) is 3.62. The van der Waals surface area contributed by atoms with Crippen molar-refractivity contribution in [3.63, 3.8) is 0 Å². The van der Waals surface area contributed by atoms with Gasteiger partial charge in [-0.3, -0.25) is 0 Å². The number of halogens is 1. The minimum absolute atomic E-state index is 0.404. The van der Waals surface area contributed by atoms with Crippen LogP contribution in [0, 0.1) is 5.95 Å². The lowest BCUT2D eigenvalue weighted by Gasteiger charge is -2.07. The number of hydrogen-bond donors (Lipinski definition) is 1. The van der Waals surface area contributed by atoms with Gasteiger partial charge in [0, 0.05) is 17.3 Å². The van der Waals surface area contributed by atoms with Crippen LogP contribution in [0.1, 0.15) is 18.4 Å². The molecule has 2 nitrogen and oxygen atoms in total. The fraction of sp³-hybridized carbons (Fsp3) is 0.375. The summed E-state index contributed by atoms with van der Waals surface area (Å²) in [5, 5.41) is 0. The molecule has 11 heavy (non-hydrogen) atoms. The number of aromatic nitrogens is 1. The fourth-order valence-electron chi connectivity index (χ4n) is 1.16. The minimum atomic E-state index is -0.424. The largest absolute Gasteiger partial charge is 0.321 e. The first kappa shape index (κ1) is 6.73. The second-order valence-corrected chi connectivity index (χ2v) is 3.00. The van der Waals surface area contributed by atoms with E-state index in [1.807, 2.05) is 0 Å². The molecule has 1 aliphatic carbocycles. The van der Waals surface area contributed by atoms with Gasteiger partial charge in [0.2, 0.25) is 5.95 Å². The van der Waals surface area contributed by atoms with Crippen molar-refractivity contribution in [2.45, 2.75) is 18.4 Å². The third-order valence-corrected chi connectivity index (χ3v) is 2.08. The Hall–Kier alpha value is -0.960. The molecule has 1 fully saturated rings. The molecule has 2 N–H and O–H groups in total. The molecule has 0 aromatic carbocycles. The summed E-state index contributed by atoms with van der Waals surface area (Å²) in [4.78, 5) is 3.54. The van der Waals surface area contributed by atoms with Crippen LogP contribution in [0.3, 0.4) is 0 Å². The van der Waals surface area contributed by atoms with E-state index in [1.165, 1.54) is 6.20 Å². The lowest BCUT2D eigenvalue weighted by atomic mass is 10.1. The fourth-order valence-corrected chi connectivity index (χ4v) is 1.16. The highest BCUT2D eigenvalue weighted by Gasteiger charge is 2.42. The molecule has 1 aromatic heterocycles. The van der Waals surface area contributed by atoms with E-state index in [9.17, 15) is 4.39 Å². The molecule has 0 saturated heterocycles. The second-order valence-electron chi connectivity index (χ2n) is 3.00. The van der Waals surface area contributed by atoms with Crippen molar-refractivity contribution in [2.75, 3.05) is 0 Å². The summed E-state index contributed by atoms with van der Waals surface area (Å²) in [6.07, 6.45) is 3.18. The van der Waals surface area contributed by atoms with Gasteiger partial charge in [0.25, 0.3) is 0 Å². The van der Waals surface area contributed by atoms with E-state index in [0.29, 0.717) is 5.56 Å². The first-order valence-corrected chi connectivity index (χ1v) is 3.62. The number of rotatable bonds is 1. The van der Waals surface area contributed by atoms with E-state index in [1.54, 1.807) is 12.1 Å². The van der Waals surface area contributed by atoms with Crippen LogP contribution in [0.5, 0.6) is 0 Å². The van der Waals surface area contributed by atoms with E-state index in [-0.39, 0.29) is 0 Å². The molecule has 0 aliphatic heterocycles. The van der Waals surface area contributed by atoms with Crippen LogP contribution < -0.4 is 5.73 Å². The van der Waals surface area contributed by atoms with Crippen LogP contribution in [0.4, 0.5) is 4.39 Å². The molecule has 3 heteroatoms. The number of nitrogens with zero attached hydrogens (tertiary/aromatic N) is 1. The average molecular weight is 152 g/mol. The normalized spacial score (nSPS) is 19.8. The summed E-state index contributed by atoms with van der Waals surface area (Å²) in [6.45, 7) is 0. The van der Waals surface area contributed by atoms with Crippen LogP contribution in [0.2, 0.25) is 0 Å². The molecule has 1 heterocycles. The average Bonchev–Trinajstić information content (AvgIpc) is 2.70. The maximum Gasteiger partial charge on any atom is 0.217 e. The predicted octanol–water partition coefficient (Wildman–Crippen LogP) is 1.17. The molecule has 2 rings (SSSR count). The minimum Gasteiger partial charge on any atom is -0.321 e. The molecule has 1 saturated carbocycles. The van der Waals surface area contributed by atoms with Crippen molar-refractivity contribution in [3.8, 4) is 0 Å². The highest BCUT2D eigenvalue weighted by Crippen LogP contribution is 2.42. The third-order valence-electron chi connectivity index (χ3n) is 2.08. The standard InChI is InChI=1S/C8H9FN2/c9-7-6(2-1-5-11-7)8(10)3-4-8/h1-2,5H,3-4,10H2. The summed E-state index contributed by atoms with van der Waals surface area (Å²) in [6, 6.07) is 3.42. The van der Waals surface area contributed by atoms with Crippen molar-refractivity contribution in [1.82, 2.24) is 4.98 Å². The molecule has 0 spiro atoms. The maximum absolute atomic E-state index is 12.9. The zero-order chi connectivity index (χ0) is 7.90. The molecule has 1 aromatic rings. The van der Waals surface area contributed by atoms with Crippen molar-refractivity contribution >= 4 is 0 Å². The van der Waals surface area contributed by atoms with Crippen molar-refractivity contribution in [1.29, 1.82) is 0 Å². The molecule has 58 valence electrons. The van der Waals surface area contributed by atoms with Gasteiger partial charge in [0.15, 0.2) is 0 Å². The smallest absolute Gasteiger partial charge is 0.217 e. The van der Waals surface area contributed by atoms with Gasteiger partial charge in [-0.05, 0) is 18.9 Å². The Kier molecular flexibility index (Phi) is 1.23. The SMILES string of the molecule is NC1(c2cccnc2F)CC1. The van der Waals surface area contributed by atoms with E-state index < -0.39 is 11.5 Å². The van der Waals surface area contributed by atoms with Gasteiger partial charge in [0.05, 0.1) is 0 Å². The highest BCUT2D eigenvalue weighted by molar-refractivity contribution is 5.27. The lowest BCUT2D eigenvalue weighted by molar-refractivity contribution is 0.540. The lowest BCUT2D eigenvalue weighted by Crippen LogP contribution is -2.20. The highest BCUT2D eigenvalue weighted by atomic mass is 19.1. The van der Waals surface area contributed by atoms with Gasteiger partial charge < -0.3 is 5.73 Å². The van der Waals surface area contributed by atoms with Crippen molar-refractivity contribution in [3.05, 3.63) is 29.8 Å². The topological polar surface area (TPSA) is 38.9 Å². The molecular weight excluding hydrogens is 143 g/mol. The van der Waals surface area contributed by atoms with E-state index >= 15 is 0 Å². The molecule has 0 unspecified atom stereocenters. The van der Waals surface area contributed by atoms with Crippen LogP contribution in [0.25, 0.3) is 0 Å². The molecule has 0 atom stereocenters. The monoisotopic (exact) mass is 152 g/mol. The summed E-state index contributed by atoms with van der Waals surface area (Å²) >= 11 is 0. The summed E-state index contributed by atoms with van der Waals surface area (Å²) in [5.41, 5.74) is 5.94. The van der Waals surface area contributed by atoms with Gasteiger partial charge in [-0.1, -0.05) is 6.07 Å². The summed E-state index contributed by atoms with van der Waals surface area (Å²) in [7, 11) is 0. The first-order chi connectivity index (χ1) is 5.22. The Balaban J connectivity index is 2.45. The van der Waals surface area contributed by atoms with Gasteiger partial charge in [0.1, 0.15) is 0 Å². The van der Waals surface area contributed by atoms with Gasteiger partial charge >= 0.3 is 0 Å². The Morgan fingerprint density at radius 2 is 2.27 bits per heavy atom. The van der Waals surface area contributed by atoms with Crippen molar-refractivity contribution in [2.24, 2.45) is 5.73 Å². The quantitative estimate of drug-likeness (QED) is 0.613. The number of hydrogen-bond acceptors (Lipinski definition) is 2. The summed E-state index contributed by atoms with van der Waals surface area (Å²) < 4.78 is 12.9. The Morgan fingerprint density at radius 1 is 1.55 bits per heavy atom. The number of pyridine rings is 1. The molecular formula is C8H9FN2.